The van der Waals surface area contributed by atoms with Crippen molar-refractivity contribution in [3.05, 3.63) is 89.3 Å². The fourth-order valence-corrected chi connectivity index (χ4v) is 3.54. The third kappa shape index (κ3) is 3.44. The summed E-state index contributed by atoms with van der Waals surface area (Å²) in [4.78, 5) is 12.6. The lowest BCUT2D eigenvalue weighted by Crippen LogP contribution is -1.99. The molecule has 2 aromatic heterocycles. The Bertz CT molecular complexity index is 1310. The van der Waals surface area contributed by atoms with E-state index in [-0.39, 0.29) is 6.61 Å². The van der Waals surface area contributed by atoms with Gasteiger partial charge in [-0.25, -0.2) is 9.97 Å². The van der Waals surface area contributed by atoms with Crippen molar-refractivity contribution in [1.82, 2.24) is 15.0 Å². The lowest BCUT2D eigenvalue weighted by atomic mass is 10.2. The van der Waals surface area contributed by atoms with Gasteiger partial charge in [0.1, 0.15) is 29.6 Å². The summed E-state index contributed by atoms with van der Waals surface area (Å²) in [5, 5.41) is 0.599. The molecule has 0 aliphatic heterocycles. The number of imidazole rings is 1. The molecule has 0 saturated heterocycles. The van der Waals surface area contributed by atoms with Crippen molar-refractivity contribution in [2.75, 3.05) is 0 Å². The van der Waals surface area contributed by atoms with Gasteiger partial charge in [-0.15, -0.1) is 0 Å². The Labute approximate surface area is 178 Å². The number of hydrogen-bond acceptors (Lipinski definition) is 4. The molecule has 5 nitrogen and oxygen atoms in total. The number of aromatic amines is 1. The molecular weight excluding hydrogens is 398 g/mol. The lowest BCUT2D eigenvalue weighted by Gasteiger charge is -2.09. The number of halogens is 1. The second-order valence-corrected chi connectivity index (χ2v) is 7.30. The van der Waals surface area contributed by atoms with Crippen molar-refractivity contribution in [3.63, 3.8) is 0 Å². The van der Waals surface area contributed by atoms with E-state index in [1.807, 2.05) is 79.7 Å². The van der Waals surface area contributed by atoms with Gasteiger partial charge in [-0.1, -0.05) is 48.0 Å². The third-order valence-corrected chi connectivity index (χ3v) is 5.22. The van der Waals surface area contributed by atoms with Gasteiger partial charge in [0.05, 0.1) is 27.2 Å². The first kappa shape index (κ1) is 18.5. The number of aryl methyl sites for hydroxylation is 1. The van der Waals surface area contributed by atoms with Gasteiger partial charge in [0.2, 0.25) is 5.89 Å². The standard InChI is InChI=1S/C24H18ClN3O2/c1-15-21(28-24(30-15)16-8-2-4-10-18(16)25)14-29-22-13-7-3-9-17(22)23-26-19-11-5-6-12-20(19)27-23/h2-13H,14H2,1H3,(H,26,27). The lowest BCUT2D eigenvalue weighted by molar-refractivity contribution is 0.300. The molecule has 0 radical (unpaired) electrons. The van der Waals surface area contributed by atoms with E-state index < -0.39 is 0 Å². The SMILES string of the molecule is Cc1oc(-c2ccccc2Cl)nc1COc1ccccc1-c1nc2ccccc2[nH]1. The molecule has 2 heterocycles. The van der Waals surface area contributed by atoms with Crippen LogP contribution >= 0.6 is 11.6 Å². The van der Waals surface area contributed by atoms with E-state index in [0.29, 0.717) is 16.7 Å². The molecule has 148 valence electrons. The quantitative estimate of drug-likeness (QED) is 0.359. The summed E-state index contributed by atoms with van der Waals surface area (Å²) in [7, 11) is 0. The Morgan fingerprint density at radius 2 is 1.63 bits per heavy atom. The maximum atomic E-state index is 6.27. The number of ether oxygens (including phenoxy) is 1. The van der Waals surface area contributed by atoms with Gasteiger partial charge in [-0.3, -0.25) is 0 Å². The largest absolute Gasteiger partial charge is 0.486 e. The zero-order valence-electron chi connectivity index (χ0n) is 16.2. The zero-order valence-corrected chi connectivity index (χ0v) is 17.0. The molecule has 0 unspecified atom stereocenters. The predicted octanol–water partition coefficient (Wildman–Crippen LogP) is 6.43. The van der Waals surface area contributed by atoms with Crippen molar-refractivity contribution in [3.8, 4) is 28.6 Å². The minimum absolute atomic E-state index is 0.275. The number of aromatic nitrogens is 3. The van der Waals surface area contributed by atoms with Gasteiger partial charge in [-0.05, 0) is 43.3 Å². The zero-order chi connectivity index (χ0) is 20.5. The molecule has 5 rings (SSSR count). The second-order valence-electron chi connectivity index (χ2n) is 6.89. The second kappa shape index (κ2) is 7.69. The molecule has 0 atom stereocenters. The van der Waals surface area contributed by atoms with Crippen LogP contribution in [0.1, 0.15) is 11.5 Å². The fourth-order valence-electron chi connectivity index (χ4n) is 3.33. The summed E-state index contributed by atoms with van der Waals surface area (Å²) in [6.45, 7) is 2.15. The Morgan fingerprint density at radius 1 is 0.900 bits per heavy atom. The van der Waals surface area contributed by atoms with Crippen molar-refractivity contribution < 1.29 is 9.15 Å². The van der Waals surface area contributed by atoms with Crippen LogP contribution in [0.5, 0.6) is 5.75 Å². The van der Waals surface area contributed by atoms with Gasteiger partial charge < -0.3 is 14.1 Å². The maximum absolute atomic E-state index is 6.27. The first-order chi connectivity index (χ1) is 14.7. The molecule has 6 heteroatoms. The van der Waals surface area contributed by atoms with Crippen LogP contribution < -0.4 is 4.74 Å². The van der Waals surface area contributed by atoms with Gasteiger partial charge in [-0.2, -0.15) is 0 Å². The van der Waals surface area contributed by atoms with Crippen LogP contribution in [0.15, 0.2) is 77.2 Å². The number of para-hydroxylation sites is 3. The van der Waals surface area contributed by atoms with Gasteiger partial charge in [0, 0.05) is 0 Å². The number of H-pyrrole nitrogens is 1. The molecule has 5 aromatic rings. The molecule has 3 aromatic carbocycles. The van der Waals surface area contributed by atoms with Gasteiger partial charge in [0.15, 0.2) is 0 Å². The minimum atomic E-state index is 0.275. The summed E-state index contributed by atoms with van der Waals surface area (Å²) < 4.78 is 11.9. The Morgan fingerprint density at radius 3 is 2.47 bits per heavy atom. The van der Waals surface area contributed by atoms with E-state index >= 15 is 0 Å². The summed E-state index contributed by atoms with van der Waals surface area (Å²) in [6.07, 6.45) is 0. The Balaban J connectivity index is 1.42. The molecule has 0 spiro atoms. The average molecular weight is 416 g/mol. The van der Waals surface area contributed by atoms with E-state index in [1.54, 1.807) is 0 Å². The van der Waals surface area contributed by atoms with Gasteiger partial charge in [0.25, 0.3) is 0 Å². The van der Waals surface area contributed by atoms with Crippen molar-refractivity contribution in [1.29, 1.82) is 0 Å². The highest BCUT2D eigenvalue weighted by Gasteiger charge is 2.16. The number of oxazole rings is 1. The molecule has 0 amide bonds. The average Bonchev–Trinajstić information content (AvgIpc) is 3.36. The summed E-state index contributed by atoms with van der Waals surface area (Å²) in [5.74, 6) is 2.67. The predicted molar refractivity (Wildman–Crippen MR) is 118 cm³/mol. The summed E-state index contributed by atoms with van der Waals surface area (Å²) in [5.41, 5.74) is 4.28. The third-order valence-electron chi connectivity index (χ3n) is 4.89. The maximum Gasteiger partial charge on any atom is 0.228 e. The number of hydrogen-bond donors (Lipinski definition) is 1. The normalized spacial score (nSPS) is 11.1. The molecule has 0 fully saturated rings. The van der Waals surface area contributed by atoms with Crippen LogP contribution in [0, 0.1) is 6.92 Å². The Kier molecular flexibility index (Phi) is 4.73. The monoisotopic (exact) mass is 415 g/mol. The summed E-state index contributed by atoms with van der Waals surface area (Å²) >= 11 is 6.27. The van der Waals surface area contributed by atoms with Crippen LogP contribution in [0.3, 0.4) is 0 Å². The van der Waals surface area contributed by atoms with E-state index in [4.69, 9.17) is 20.8 Å². The van der Waals surface area contributed by atoms with Crippen molar-refractivity contribution >= 4 is 22.6 Å². The number of benzene rings is 3. The molecular formula is C24H18ClN3O2. The number of nitrogens with zero attached hydrogens (tertiary/aromatic N) is 2. The highest BCUT2D eigenvalue weighted by atomic mass is 35.5. The van der Waals surface area contributed by atoms with Crippen LogP contribution in [0.25, 0.3) is 33.9 Å². The van der Waals surface area contributed by atoms with Crippen LogP contribution in [0.4, 0.5) is 0 Å². The molecule has 0 bridgehead atoms. The summed E-state index contributed by atoms with van der Waals surface area (Å²) in [6, 6.07) is 23.2. The molecule has 0 aliphatic rings. The highest BCUT2D eigenvalue weighted by Crippen LogP contribution is 2.31. The first-order valence-electron chi connectivity index (χ1n) is 9.57. The van der Waals surface area contributed by atoms with E-state index in [0.717, 1.165) is 39.4 Å². The smallest absolute Gasteiger partial charge is 0.228 e. The molecule has 0 saturated carbocycles. The van der Waals surface area contributed by atoms with Crippen LogP contribution in [-0.4, -0.2) is 15.0 Å². The molecule has 0 aliphatic carbocycles. The highest BCUT2D eigenvalue weighted by molar-refractivity contribution is 6.33. The number of fused-ring (bicyclic) bond motifs is 1. The van der Waals surface area contributed by atoms with Crippen LogP contribution in [0.2, 0.25) is 5.02 Å². The first-order valence-corrected chi connectivity index (χ1v) is 9.95. The minimum Gasteiger partial charge on any atom is -0.486 e. The molecule has 1 N–H and O–H groups in total. The topological polar surface area (TPSA) is 63.9 Å². The number of nitrogens with one attached hydrogen (secondary N) is 1. The Hall–Kier alpha value is -3.57. The van der Waals surface area contributed by atoms with Crippen molar-refractivity contribution in [2.24, 2.45) is 0 Å². The van der Waals surface area contributed by atoms with Crippen LogP contribution in [-0.2, 0) is 6.61 Å². The van der Waals surface area contributed by atoms with E-state index in [9.17, 15) is 0 Å². The fraction of sp³-hybridized carbons (Fsp3) is 0.0833. The molecule has 30 heavy (non-hydrogen) atoms. The van der Waals surface area contributed by atoms with E-state index in [2.05, 4.69) is 15.0 Å². The van der Waals surface area contributed by atoms with E-state index in [1.165, 1.54) is 0 Å². The number of rotatable bonds is 5. The van der Waals surface area contributed by atoms with Gasteiger partial charge >= 0.3 is 0 Å². The van der Waals surface area contributed by atoms with Crippen molar-refractivity contribution in [2.45, 2.75) is 13.5 Å².